The van der Waals surface area contributed by atoms with Gasteiger partial charge in [-0.25, -0.2) is 0 Å². The molecule has 1 aromatic carbocycles. The number of carbonyl (C=O) groups is 1. The van der Waals surface area contributed by atoms with Gasteiger partial charge in [0.15, 0.2) is 5.78 Å². The number of hydrogen-bond acceptors (Lipinski definition) is 3. The molecule has 1 heterocycles. The number of phenols is 1. The molecule has 1 aliphatic heterocycles. The fourth-order valence-electron chi connectivity index (χ4n) is 2.86. The quantitative estimate of drug-likeness (QED) is 0.859. The molecular weight excluding hydrogens is 250 g/mol. The largest absolute Gasteiger partial charge is 0.508 e. The van der Waals surface area contributed by atoms with E-state index in [1.807, 2.05) is 6.07 Å². The summed E-state index contributed by atoms with van der Waals surface area (Å²) < 4.78 is 0. The highest BCUT2D eigenvalue weighted by Crippen LogP contribution is 2.34. The lowest BCUT2D eigenvalue weighted by molar-refractivity contribution is 0.101. The molecule has 0 bridgehead atoms. The first-order valence-corrected chi connectivity index (χ1v) is 7.32. The molecule has 1 N–H and O–H groups in total. The van der Waals surface area contributed by atoms with Crippen LogP contribution in [-0.2, 0) is 6.54 Å². The van der Waals surface area contributed by atoms with Gasteiger partial charge < -0.3 is 5.11 Å². The number of aromatic hydroxyl groups is 1. The summed E-state index contributed by atoms with van der Waals surface area (Å²) in [5, 5.41) is 9.96. The molecule has 1 atom stereocenters. The fourth-order valence-corrected chi connectivity index (χ4v) is 2.86. The maximum Gasteiger partial charge on any atom is 0.159 e. The van der Waals surface area contributed by atoms with Crippen LogP contribution in [0.2, 0.25) is 0 Å². The van der Waals surface area contributed by atoms with Crippen LogP contribution in [0.15, 0.2) is 18.2 Å². The summed E-state index contributed by atoms with van der Waals surface area (Å²) in [6.45, 7) is 11.3. The number of likely N-dealkylation sites (tertiary alicyclic amines) is 1. The summed E-state index contributed by atoms with van der Waals surface area (Å²) in [6, 6.07) is 5.13. The smallest absolute Gasteiger partial charge is 0.159 e. The van der Waals surface area contributed by atoms with Crippen molar-refractivity contribution in [3.05, 3.63) is 29.3 Å². The van der Waals surface area contributed by atoms with E-state index in [0.717, 1.165) is 25.2 Å². The van der Waals surface area contributed by atoms with E-state index in [4.69, 9.17) is 0 Å². The van der Waals surface area contributed by atoms with E-state index in [2.05, 4.69) is 25.7 Å². The number of Topliss-reactive ketones (excluding diaryl/α,β-unsaturated/α-hetero) is 1. The van der Waals surface area contributed by atoms with Crippen molar-refractivity contribution in [1.82, 2.24) is 4.90 Å². The number of benzene rings is 1. The average Bonchev–Trinajstić information content (AvgIpc) is 2.80. The topological polar surface area (TPSA) is 40.5 Å². The zero-order valence-corrected chi connectivity index (χ0v) is 12.9. The zero-order valence-electron chi connectivity index (χ0n) is 12.9. The molecule has 0 amide bonds. The van der Waals surface area contributed by atoms with Crippen LogP contribution < -0.4 is 0 Å². The van der Waals surface area contributed by atoms with Gasteiger partial charge in [-0.05, 0) is 49.4 Å². The van der Waals surface area contributed by atoms with Crippen molar-refractivity contribution in [1.29, 1.82) is 0 Å². The van der Waals surface area contributed by atoms with Crippen molar-refractivity contribution in [2.24, 2.45) is 11.3 Å². The predicted molar refractivity (Wildman–Crippen MR) is 81.0 cm³/mol. The molecule has 0 aliphatic carbocycles. The van der Waals surface area contributed by atoms with Gasteiger partial charge in [0.25, 0.3) is 0 Å². The number of ketones is 1. The lowest BCUT2D eigenvalue weighted by Crippen LogP contribution is -2.25. The minimum atomic E-state index is 0.0419. The number of nitrogens with zero attached hydrogens (tertiary/aromatic N) is 1. The molecule has 1 aliphatic rings. The first-order chi connectivity index (χ1) is 9.27. The molecular formula is C17H25NO2. The minimum absolute atomic E-state index is 0.0419. The van der Waals surface area contributed by atoms with E-state index in [0.29, 0.717) is 16.9 Å². The third-order valence-corrected chi connectivity index (χ3v) is 4.38. The van der Waals surface area contributed by atoms with Crippen LogP contribution in [0.4, 0.5) is 0 Å². The Morgan fingerprint density at radius 3 is 2.65 bits per heavy atom. The van der Waals surface area contributed by atoms with E-state index in [1.165, 1.54) is 6.42 Å². The monoisotopic (exact) mass is 275 g/mol. The summed E-state index contributed by atoms with van der Waals surface area (Å²) >= 11 is 0. The summed E-state index contributed by atoms with van der Waals surface area (Å²) in [6.07, 6.45) is 1.21. The molecule has 1 aromatic rings. The lowest BCUT2D eigenvalue weighted by atomic mass is 9.80. The van der Waals surface area contributed by atoms with E-state index < -0.39 is 0 Å². The number of carbonyl (C=O) groups excluding carboxylic acids is 1. The summed E-state index contributed by atoms with van der Waals surface area (Å²) in [5.41, 5.74) is 1.86. The molecule has 3 nitrogen and oxygen atoms in total. The van der Waals surface area contributed by atoms with Crippen LogP contribution in [0.1, 0.15) is 50.0 Å². The van der Waals surface area contributed by atoms with Crippen molar-refractivity contribution in [3.63, 3.8) is 0 Å². The highest BCUT2D eigenvalue weighted by molar-refractivity contribution is 5.94. The Bertz CT molecular complexity index is 502. The third kappa shape index (κ3) is 3.40. The van der Waals surface area contributed by atoms with Crippen LogP contribution in [0.3, 0.4) is 0 Å². The van der Waals surface area contributed by atoms with Gasteiger partial charge in [0, 0.05) is 24.2 Å². The van der Waals surface area contributed by atoms with Crippen LogP contribution in [0.5, 0.6) is 5.75 Å². The standard InChI is InChI=1S/C17H25NO2/c1-12(19)13-5-6-16(20)14(9-13)10-18-8-7-15(11-18)17(2,3)4/h5-6,9,15,20H,7-8,10-11H2,1-4H3. The van der Waals surface area contributed by atoms with Crippen molar-refractivity contribution >= 4 is 5.78 Å². The fraction of sp³-hybridized carbons (Fsp3) is 0.588. The molecule has 2 rings (SSSR count). The summed E-state index contributed by atoms with van der Waals surface area (Å²) in [4.78, 5) is 13.8. The second kappa shape index (κ2) is 5.57. The Labute approximate surface area is 121 Å². The van der Waals surface area contributed by atoms with Crippen LogP contribution >= 0.6 is 0 Å². The van der Waals surface area contributed by atoms with Crippen molar-refractivity contribution in [2.75, 3.05) is 13.1 Å². The van der Waals surface area contributed by atoms with Gasteiger partial charge in [-0.2, -0.15) is 0 Å². The first-order valence-electron chi connectivity index (χ1n) is 7.32. The van der Waals surface area contributed by atoms with E-state index in [1.54, 1.807) is 19.1 Å². The van der Waals surface area contributed by atoms with Crippen LogP contribution in [0, 0.1) is 11.3 Å². The number of hydrogen-bond donors (Lipinski definition) is 1. The van der Waals surface area contributed by atoms with Crippen molar-refractivity contribution < 1.29 is 9.90 Å². The Balaban J connectivity index is 2.08. The molecule has 3 heteroatoms. The highest BCUT2D eigenvalue weighted by Gasteiger charge is 2.31. The molecule has 1 unspecified atom stereocenters. The molecule has 1 saturated heterocycles. The number of phenolic OH excluding ortho intramolecular Hbond substituents is 1. The highest BCUT2D eigenvalue weighted by atomic mass is 16.3. The molecule has 0 saturated carbocycles. The normalized spacial score (nSPS) is 20.3. The predicted octanol–water partition coefficient (Wildman–Crippen LogP) is 3.46. The van der Waals surface area contributed by atoms with Gasteiger partial charge in [-0.1, -0.05) is 20.8 Å². The molecule has 110 valence electrons. The van der Waals surface area contributed by atoms with Crippen molar-refractivity contribution in [2.45, 2.75) is 40.7 Å². The van der Waals surface area contributed by atoms with E-state index >= 15 is 0 Å². The Morgan fingerprint density at radius 1 is 1.40 bits per heavy atom. The molecule has 0 spiro atoms. The van der Waals surface area contributed by atoms with Gasteiger partial charge in [-0.15, -0.1) is 0 Å². The van der Waals surface area contributed by atoms with Crippen molar-refractivity contribution in [3.8, 4) is 5.75 Å². The Hall–Kier alpha value is -1.35. The average molecular weight is 275 g/mol. The summed E-state index contributed by atoms with van der Waals surface area (Å²) in [5.74, 6) is 1.02. The third-order valence-electron chi connectivity index (χ3n) is 4.38. The molecule has 0 aromatic heterocycles. The lowest BCUT2D eigenvalue weighted by Gasteiger charge is -2.27. The number of rotatable bonds is 3. The summed E-state index contributed by atoms with van der Waals surface area (Å²) in [7, 11) is 0. The second-order valence-electron chi connectivity index (χ2n) is 6.99. The van der Waals surface area contributed by atoms with Gasteiger partial charge in [0.1, 0.15) is 5.75 Å². The van der Waals surface area contributed by atoms with E-state index in [9.17, 15) is 9.90 Å². The molecule has 1 fully saturated rings. The maximum absolute atomic E-state index is 11.4. The van der Waals surface area contributed by atoms with Gasteiger partial charge in [0.05, 0.1) is 0 Å². The molecule has 20 heavy (non-hydrogen) atoms. The molecule has 0 radical (unpaired) electrons. The Kier molecular flexibility index (Phi) is 4.19. The second-order valence-corrected chi connectivity index (χ2v) is 6.99. The van der Waals surface area contributed by atoms with Crippen LogP contribution in [-0.4, -0.2) is 28.9 Å². The van der Waals surface area contributed by atoms with Crippen LogP contribution in [0.25, 0.3) is 0 Å². The van der Waals surface area contributed by atoms with Gasteiger partial charge >= 0.3 is 0 Å². The first kappa shape index (κ1) is 15.0. The minimum Gasteiger partial charge on any atom is -0.508 e. The zero-order chi connectivity index (χ0) is 14.9. The Morgan fingerprint density at radius 2 is 2.10 bits per heavy atom. The maximum atomic E-state index is 11.4. The van der Waals surface area contributed by atoms with Gasteiger partial charge in [-0.3, -0.25) is 9.69 Å². The SMILES string of the molecule is CC(=O)c1ccc(O)c(CN2CCC(C(C)(C)C)C2)c1. The van der Waals surface area contributed by atoms with E-state index in [-0.39, 0.29) is 11.5 Å². The van der Waals surface area contributed by atoms with Gasteiger partial charge in [0.2, 0.25) is 0 Å².